The smallest absolute Gasteiger partial charge is 0.312 e. The SMILES string of the molecule is COC(=O)C(COc1cccc(OC)c1)Cc1cccs1. The van der Waals surface area contributed by atoms with Gasteiger partial charge in [0.2, 0.25) is 0 Å². The number of hydrogen-bond donors (Lipinski definition) is 0. The predicted molar refractivity (Wildman–Crippen MR) is 82.0 cm³/mol. The van der Waals surface area contributed by atoms with Crippen molar-refractivity contribution in [3.8, 4) is 11.5 Å². The van der Waals surface area contributed by atoms with Crippen LogP contribution in [-0.2, 0) is 16.0 Å². The number of ether oxygens (including phenoxy) is 3. The van der Waals surface area contributed by atoms with Crippen molar-refractivity contribution in [3.63, 3.8) is 0 Å². The molecule has 2 rings (SSSR count). The van der Waals surface area contributed by atoms with Gasteiger partial charge < -0.3 is 14.2 Å². The van der Waals surface area contributed by atoms with Gasteiger partial charge >= 0.3 is 5.97 Å². The Morgan fingerprint density at radius 2 is 2.00 bits per heavy atom. The Kier molecular flexibility index (Phi) is 5.63. The van der Waals surface area contributed by atoms with Crippen LogP contribution in [0.3, 0.4) is 0 Å². The molecule has 0 saturated heterocycles. The first-order chi connectivity index (χ1) is 10.2. The van der Waals surface area contributed by atoms with Crippen LogP contribution in [0.2, 0.25) is 0 Å². The van der Waals surface area contributed by atoms with Crippen LogP contribution < -0.4 is 9.47 Å². The molecule has 21 heavy (non-hydrogen) atoms. The van der Waals surface area contributed by atoms with Crippen LogP contribution in [0, 0.1) is 5.92 Å². The number of carbonyl (C=O) groups is 1. The molecule has 0 radical (unpaired) electrons. The average Bonchev–Trinajstić information content (AvgIpc) is 3.03. The Hall–Kier alpha value is -2.01. The maximum absolute atomic E-state index is 11.9. The number of esters is 1. The van der Waals surface area contributed by atoms with Gasteiger partial charge in [0.25, 0.3) is 0 Å². The van der Waals surface area contributed by atoms with Gasteiger partial charge in [0.05, 0.1) is 20.1 Å². The number of carbonyl (C=O) groups excluding carboxylic acids is 1. The van der Waals surface area contributed by atoms with E-state index < -0.39 is 0 Å². The first kappa shape index (κ1) is 15.4. The molecule has 2 aromatic rings. The first-order valence-corrected chi connectivity index (χ1v) is 7.48. The lowest BCUT2D eigenvalue weighted by Crippen LogP contribution is -2.25. The number of rotatable bonds is 7. The van der Waals surface area contributed by atoms with Crippen LogP contribution in [-0.4, -0.2) is 26.8 Å². The summed E-state index contributed by atoms with van der Waals surface area (Å²) < 4.78 is 15.7. The predicted octanol–water partition coefficient (Wildman–Crippen LogP) is 3.17. The van der Waals surface area contributed by atoms with Crippen molar-refractivity contribution >= 4 is 17.3 Å². The molecule has 4 nitrogen and oxygen atoms in total. The molecular weight excluding hydrogens is 288 g/mol. The summed E-state index contributed by atoms with van der Waals surface area (Å²) in [6.45, 7) is 0.276. The Morgan fingerprint density at radius 3 is 2.67 bits per heavy atom. The highest BCUT2D eigenvalue weighted by atomic mass is 32.1. The van der Waals surface area contributed by atoms with Crippen molar-refractivity contribution in [1.82, 2.24) is 0 Å². The van der Waals surface area contributed by atoms with Gasteiger partial charge in [-0.05, 0) is 30.0 Å². The highest BCUT2D eigenvalue weighted by molar-refractivity contribution is 7.09. The molecule has 1 aromatic carbocycles. The minimum Gasteiger partial charge on any atom is -0.497 e. The van der Waals surface area contributed by atoms with Crippen LogP contribution in [0.5, 0.6) is 11.5 Å². The maximum Gasteiger partial charge on any atom is 0.312 e. The molecule has 1 atom stereocenters. The molecule has 0 saturated carbocycles. The zero-order chi connectivity index (χ0) is 15.1. The van der Waals surface area contributed by atoms with Gasteiger partial charge in [-0.1, -0.05) is 12.1 Å². The van der Waals surface area contributed by atoms with E-state index in [0.29, 0.717) is 12.2 Å². The highest BCUT2D eigenvalue weighted by Crippen LogP contribution is 2.21. The van der Waals surface area contributed by atoms with Gasteiger partial charge in [-0.15, -0.1) is 11.3 Å². The largest absolute Gasteiger partial charge is 0.497 e. The van der Waals surface area contributed by atoms with Crippen LogP contribution in [0.1, 0.15) is 4.88 Å². The third-order valence-corrected chi connectivity index (χ3v) is 3.95. The lowest BCUT2D eigenvalue weighted by atomic mass is 10.1. The molecule has 0 aliphatic carbocycles. The zero-order valence-electron chi connectivity index (χ0n) is 12.1. The van der Waals surface area contributed by atoms with Gasteiger partial charge in [-0.3, -0.25) is 4.79 Å². The summed E-state index contributed by atoms with van der Waals surface area (Å²) in [5.41, 5.74) is 0. The lowest BCUT2D eigenvalue weighted by molar-refractivity contribution is -0.146. The Balaban J connectivity index is 1.99. The molecule has 0 aliphatic heterocycles. The summed E-state index contributed by atoms with van der Waals surface area (Å²) in [6.07, 6.45) is 0.619. The minimum absolute atomic E-state index is 0.258. The summed E-state index contributed by atoms with van der Waals surface area (Å²) >= 11 is 1.62. The van der Waals surface area contributed by atoms with Crippen LogP contribution in [0.25, 0.3) is 0 Å². The molecule has 1 heterocycles. The molecule has 0 fully saturated rings. The molecule has 0 spiro atoms. The fourth-order valence-electron chi connectivity index (χ4n) is 1.94. The monoisotopic (exact) mass is 306 g/mol. The number of methoxy groups -OCH3 is 2. The van der Waals surface area contributed by atoms with E-state index in [1.165, 1.54) is 7.11 Å². The summed E-state index contributed by atoms with van der Waals surface area (Å²) in [4.78, 5) is 13.0. The van der Waals surface area contributed by atoms with E-state index in [9.17, 15) is 4.79 Å². The molecule has 0 amide bonds. The number of thiophene rings is 1. The van der Waals surface area contributed by atoms with Crippen molar-refractivity contribution in [2.24, 2.45) is 5.92 Å². The fraction of sp³-hybridized carbons (Fsp3) is 0.312. The molecule has 0 bridgehead atoms. The van der Waals surface area contributed by atoms with E-state index in [4.69, 9.17) is 14.2 Å². The normalized spacial score (nSPS) is 11.7. The molecule has 1 unspecified atom stereocenters. The second-order valence-electron chi connectivity index (χ2n) is 4.49. The maximum atomic E-state index is 11.9. The molecule has 0 aliphatic rings. The minimum atomic E-state index is -0.320. The second-order valence-corrected chi connectivity index (χ2v) is 5.53. The number of benzene rings is 1. The molecule has 5 heteroatoms. The highest BCUT2D eigenvalue weighted by Gasteiger charge is 2.21. The molecule has 0 N–H and O–H groups in total. The lowest BCUT2D eigenvalue weighted by Gasteiger charge is -2.15. The first-order valence-electron chi connectivity index (χ1n) is 6.60. The third-order valence-electron chi connectivity index (χ3n) is 3.05. The summed E-state index contributed by atoms with van der Waals surface area (Å²) in [6, 6.07) is 11.3. The Bertz CT molecular complexity index is 565. The zero-order valence-corrected chi connectivity index (χ0v) is 12.9. The molecule has 112 valence electrons. The van der Waals surface area contributed by atoms with Crippen molar-refractivity contribution in [2.75, 3.05) is 20.8 Å². The van der Waals surface area contributed by atoms with E-state index >= 15 is 0 Å². The van der Waals surface area contributed by atoms with Gasteiger partial charge in [-0.2, -0.15) is 0 Å². The third kappa shape index (κ3) is 4.49. The second kappa shape index (κ2) is 7.69. The van der Waals surface area contributed by atoms with E-state index in [0.717, 1.165) is 10.6 Å². The Morgan fingerprint density at radius 1 is 1.19 bits per heavy atom. The topological polar surface area (TPSA) is 44.8 Å². The quantitative estimate of drug-likeness (QED) is 0.737. The molecule has 1 aromatic heterocycles. The Labute approximate surface area is 128 Å². The van der Waals surface area contributed by atoms with Crippen molar-refractivity contribution in [3.05, 3.63) is 46.7 Å². The van der Waals surface area contributed by atoms with Crippen LogP contribution in [0.4, 0.5) is 0 Å². The van der Waals surface area contributed by atoms with E-state index in [1.54, 1.807) is 24.5 Å². The van der Waals surface area contributed by atoms with Crippen LogP contribution in [0.15, 0.2) is 41.8 Å². The van der Waals surface area contributed by atoms with Crippen molar-refractivity contribution in [2.45, 2.75) is 6.42 Å². The number of hydrogen-bond acceptors (Lipinski definition) is 5. The van der Waals surface area contributed by atoms with E-state index in [1.807, 2.05) is 35.7 Å². The van der Waals surface area contributed by atoms with Crippen molar-refractivity contribution < 1.29 is 19.0 Å². The standard InChI is InChI=1S/C16H18O4S/c1-18-13-5-3-6-14(10-13)20-11-12(16(17)19-2)9-15-7-4-8-21-15/h3-8,10,12H,9,11H2,1-2H3. The summed E-state index contributed by atoms with van der Waals surface area (Å²) in [5, 5.41) is 1.99. The van der Waals surface area contributed by atoms with Gasteiger partial charge in [-0.25, -0.2) is 0 Å². The van der Waals surface area contributed by atoms with Gasteiger partial charge in [0.1, 0.15) is 18.1 Å². The van der Waals surface area contributed by atoms with E-state index in [-0.39, 0.29) is 18.5 Å². The van der Waals surface area contributed by atoms with Crippen molar-refractivity contribution in [1.29, 1.82) is 0 Å². The average molecular weight is 306 g/mol. The van der Waals surface area contributed by atoms with Gasteiger partial charge in [0, 0.05) is 10.9 Å². The summed E-state index contributed by atoms with van der Waals surface area (Å²) in [7, 11) is 3.00. The summed E-state index contributed by atoms with van der Waals surface area (Å²) in [5.74, 6) is 0.820. The fourth-order valence-corrected chi connectivity index (χ4v) is 2.72. The van der Waals surface area contributed by atoms with Gasteiger partial charge in [0.15, 0.2) is 0 Å². The van der Waals surface area contributed by atoms with E-state index in [2.05, 4.69) is 0 Å². The molecular formula is C16H18O4S. The van der Waals surface area contributed by atoms with Crippen LogP contribution >= 0.6 is 11.3 Å².